The first-order valence-corrected chi connectivity index (χ1v) is 5.97. The second-order valence-electron chi connectivity index (χ2n) is 4.37. The Balaban J connectivity index is 2.00. The van der Waals surface area contributed by atoms with E-state index in [-0.39, 0.29) is 5.91 Å². The van der Waals surface area contributed by atoms with Gasteiger partial charge >= 0.3 is 0 Å². The first-order chi connectivity index (χ1) is 8.22. The number of fused-ring (bicyclic) bond motifs is 1. The van der Waals surface area contributed by atoms with Crippen LogP contribution in [0.15, 0.2) is 36.9 Å². The maximum absolute atomic E-state index is 11.1. The fourth-order valence-electron chi connectivity index (χ4n) is 2.25. The molecule has 1 amide bonds. The predicted molar refractivity (Wildman–Crippen MR) is 70.2 cm³/mol. The Bertz CT molecular complexity index is 428. The number of nitrogens with one attached hydrogen (secondary N) is 1. The standard InChI is InChI=1S/C14H18N2O/c1-3-14(17)15-10-11(2)16-9-8-12-6-4-5-7-13(12)16/h3-7,11H,1,8-10H2,2H3,(H,15,17). The van der Waals surface area contributed by atoms with E-state index >= 15 is 0 Å². The van der Waals surface area contributed by atoms with E-state index in [0.717, 1.165) is 13.0 Å². The number of hydrogen-bond donors (Lipinski definition) is 1. The molecule has 1 aromatic carbocycles. The molecule has 3 heteroatoms. The van der Waals surface area contributed by atoms with Crippen molar-refractivity contribution in [3.05, 3.63) is 42.5 Å². The van der Waals surface area contributed by atoms with E-state index in [0.29, 0.717) is 12.6 Å². The Kier molecular flexibility index (Phi) is 3.47. The van der Waals surface area contributed by atoms with Gasteiger partial charge in [-0.3, -0.25) is 4.79 Å². The molecule has 0 aromatic heterocycles. The maximum Gasteiger partial charge on any atom is 0.243 e. The van der Waals surface area contributed by atoms with Crippen molar-refractivity contribution < 1.29 is 4.79 Å². The van der Waals surface area contributed by atoms with Gasteiger partial charge in [-0.15, -0.1) is 0 Å². The lowest BCUT2D eigenvalue weighted by molar-refractivity contribution is -0.116. The lowest BCUT2D eigenvalue weighted by atomic mass is 10.2. The number of nitrogens with zero attached hydrogens (tertiary/aromatic N) is 1. The van der Waals surface area contributed by atoms with Crippen LogP contribution in [0.5, 0.6) is 0 Å². The highest BCUT2D eigenvalue weighted by molar-refractivity contribution is 5.86. The molecule has 0 saturated heterocycles. The third-order valence-electron chi connectivity index (χ3n) is 3.21. The quantitative estimate of drug-likeness (QED) is 0.799. The van der Waals surface area contributed by atoms with E-state index in [1.807, 2.05) is 0 Å². The van der Waals surface area contributed by atoms with Crippen LogP contribution in [0.4, 0.5) is 5.69 Å². The molecule has 1 heterocycles. The Labute approximate surface area is 102 Å². The van der Waals surface area contributed by atoms with E-state index in [1.54, 1.807) is 0 Å². The van der Waals surface area contributed by atoms with E-state index in [4.69, 9.17) is 0 Å². The number of para-hydroxylation sites is 1. The van der Waals surface area contributed by atoms with Crippen molar-refractivity contribution in [2.24, 2.45) is 0 Å². The molecule has 1 aliphatic rings. The lowest BCUT2D eigenvalue weighted by Gasteiger charge is -2.27. The zero-order valence-corrected chi connectivity index (χ0v) is 10.1. The van der Waals surface area contributed by atoms with Crippen LogP contribution in [0.3, 0.4) is 0 Å². The summed E-state index contributed by atoms with van der Waals surface area (Å²) < 4.78 is 0. The molecule has 17 heavy (non-hydrogen) atoms. The molecule has 1 unspecified atom stereocenters. The second kappa shape index (κ2) is 5.04. The summed E-state index contributed by atoms with van der Waals surface area (Å²) in [5.41, 5.74) is 2.70. The summed E-state index contributed by atoms with van der Waals surface area (Å²) in [4.78, 5) is 13.5. The van der Waals surface area contributed by atoms with Crippen LogP contribution in [0.25, 0.3) is 0 Å². The van der Waals surface area contributed by atoms with Crippen molar-refractivity contribution in [1.29, 1.82) is 0 Å². The summed E-state index contributed by atoms with van der Waals surface area (Å²) in [7, 11) is 0. The van der Waals surface area contributed by atoms with Crippen LogP contribution in [0.1, 0.15) is 12.5 Å². The Hall–Kier alpha value is -1.77. The lowest BCUT2D eigenvalue weighted by Crippen LogP contribution is -2.41. The van der Waals surface area contributed by atoms with Gasteiger partial charge in [-0.05, 0) is 31.1 Å². The molecular weight excluding hydrogens is 212 g/mol. The molecule has 1 aromatic rings. The number of anilines is 1. The number of amides is 1. The van der Waals surface area contributed by atoms with Crippen molar-refractivity contribution in [3.63, 3.8) is 0 Å². The fraction of sp³-hybridized carbons (Fsp3) is 0.357. The first kappa shape index (κ1) is 11.7. The van der Waals surface area contributed by atoms with E-state index in [9.17, 15) is 4.79 Å². The van der Waals surface area contributed by atoms with Gasteiger partial charge in [-0.1, -0.05) is 24.8 Å². The monoisotopic (exact) mass is 230 g/mol. The van der Waals surface area contributed by atoms with Crippen LogP contribution < -0.4 is 10.2 Å². The van der Waals surface area contributed by atoms with Crippen LogP contribution in [-0.4, -0.2) is 25.0 Å². The summed E-state index contributed by atoms with van der Waals surface area (Å²) in [5.74, 6) is -0.107. The minimum Gasteiger partial charge on any atom is -0.366 e. The highest BCUT2D eigenvalue weighted by Gasteiger charge is 2.22. The largest absolute Gasteiger partial charge is 0.366 e. The van der Waals surface area contributed by atoms with Crippen molar-refractivity contribution in [3.8, 4) is 0 Å². The topological polar surface area (TPSA) is 32.3 Å². The smallest absolute Gasteiger partial charge is 0.243 e. The zero-order chi connectivity index (χ0) is 12.3. The molecular formula is C14H18N2O. The summed E-state index contributed by atoms with van der Waals surface area (Å²) in [6.45, 7) is 7.26. The Morgan fingerprint density at radius 1 is 1.59 bits per heavy atom. The molecule has 1 atom stereocenters. The number of carbonyl (C=O) groups is 1. The summed E-state index contributed by atoms with van der Waals surface area (Å²) in [6.07, 6.45) is 2.40. The average Bonchev–Trinajstić information content (AvgIpc) is 2.79. The number of hydrogen-bond acceptors (Lipinski definition) is 2. The summed E-state index contributed by atoms with van der Waals surface area (Å²) >= 11 is 0. The molecule has 1 aliphatic heterocycles. The third-order valence-corrected chi connectivity index (χ3v) is 3.21. The highest BCUT2D eigenvalue weighted by Crippen LogP contribution is 2.28. The van der Waals surface area contributed by atoms with Gasteiger partial charge in [0.05, 0.1) is 0 Å². The van der Waals surface area contributed by atoms with Gasteiger partial charge in [-0.2, -0.15) is 0 Å². The average molecular weight is 230 g/mol. The molecule has 0 saturated carbocycles. The van der Waals surface area contributed by atoms with Gasteiger partial charge in [0.2, 0.25) is 5.91 Å². The molecule has 2 rings (SSSR count). The second-order valence-corrected chi connectivity index (χ2v) is 4.37. The molecule has 3 nitrogen and oxygen atoms in total. The van der Waals surface area contributed by atoms with Crippen LogP contribution in [-0.2, 0) is 11.2 Å². The molecule has 0 radical (unpaired) electrons. The zero-order valence-electron chi connectivity index (χ0n) is 10.1. The molecule has 0 bridgehead atoms. The van der Waals surface area contributed by atoms with Gasteiger partial charge in [0, 0.05) is 24.8 Å². The van der Waals surface area contributed by atoms with E-state index in [1.165, 1.54) is 17.3 Å². The molecule has 90 valence electrons. The van der Waals surface area contributed by atoms with Crippen molar-refractivity contribution in [1.82, 2.24) is 5.32 Å². The first-order valence-electron chi connectivity index (χ1n) is 5.97. The van der Waals surface area contributed by atoms with E-state index < -0.39 is 0 Å². The van der Waals surface area contributed by atoms with Gasteiger partial charge in [-0.25, -0.2) is 0 Å². The predicted octanol–water partition coefficient (Wildman–Crippen LogP) is 1.74. The Morgan fingerprint density at radius 3 is 3.12 bits per heavy atom. The van der Waals surface area contributed by atoms with Gasteiger partial charge in [0.1, 0.15) is 0 Å². The minimum absolute atomic E-state index is 0.107. The van der Waals surface area contributed by atoms with Crippen molar-refractivity contribution >= 4 is 11.6 Å². The minimum atomic E-state index is -0.107. The number of benzene rings is 1. The third kappa shape index (κ3) is 2.49. The van der Waals surface area contributed by atoms with Crippen molar-refractivity contribution in [2.75, 3.05) is 18.0 Å². The SMILES string of the molecule is C=CC(=O)NCC(C)N1CCc2ccccc21. The van der Waals surface area contributed by atoms with Gasteiger partial charge < -0.3 is 10.2 Å². The van der Waals surface area contributed by atoms with E-state index in [2.05, 4.69) is 48.0 Å². The van der Waals surface area contributed by atoms with Crippen LogP contribution in [0, 0.1) is 0 Å². The maximum atomic E-state index is 11.1. The van der Waals surface area contributed by atoms with Crippen LogP contribution >= 0.6 is 0 Å². The number of carbonyl (C=O) groups excluding carboxylic acids is 1. The molecule has 0 fully saturated rings. The van der Waals surface area contributed by atoms with Gasteiger partial charge in [0.25, 0.3) is 0 Å². The summed E-state index contributed by atoms with van der Waals surface area (Å²) in [6, 6.07) is 8.76. The fourth-order valence-corrected chi connectivity index (χ4v) is 2.25. The molecule has 0 spiro atoms. The van der Waals surface area contributed by atoms with Crippen molar-refractivity contribution in [2.45, 2.75) is 19.4 Å². The molecule has 0 aliphatic carbocycles. The molecule has 1 N–H and O–H groups in total. The van der Waals surface area contributed by atoms with Crippen LogP contribution in [0.2, 0.25) is 0 Å². The summed E-state index contributed by atoms with van der Waals surface area (Å²) in [5, 5.41) is 2.84. The number of rotatable bonds is 4. The Morgan fingerprint density at radius 2 is 2.35 bits per heavy atom. The highest BCUT2D eigenvalue weighted by atomic mass is 16.1. The normalized spacial score (nSPS) is 15.2. The van der Waals surface area contributed by atoms with Gasteiger partial charge in [0.15, 0.2) is 0 Å².